The Morgan fingerprint density at radius 3 is 2.26 bits per heavy atom. The molecule has 0 aliphatic carbocycles. The summed E-state index contributed by atoms with van der Waals surface area (Å²) in [6.45, 7) is 1.63. The molecule has 0 spiro atoms. The molecule has 1 aromatic carbocycles. The molecule has 0 saturated carbocycles. The van der Waals surface area contributed by atoms with Crippen molar-refractivity contribution in [3.05, 3.63) is 53.9 Å². The third-order valence-electron chi connectivity index (χ3n) is 2.54. The largest absolute Gasteiger partial charge is 0.462 e. The summed E-state index contributed by atoms with van der Waals surface area (Å²) in [5.41, 5.74) is 0.285. The van der Waals surface area contributed by atoms with Crippen molar-refractivity contribution in [2.75, 3.05) is 6.61 Å². The Labute approximate surface area is 108 Å². The summed E-state index contributed by atoms with van der Waals surface area (Å²) in [7, 11) is 0. The second-order valence-corrected chi connectivity index (χ2v) is 3.77. The third kappa shape index (κ3) is 2.76. The van der Waals surface area contributed by atoms with E-state index in [-0.39, 0.29) is 6.61 Å². The number of carbonyl (C=O) groups excluding carboxylic acids is 1. The summed E-state index contributed by atoms with van der Waals surface area (Å²) in [6.07, 6.45) is 3.04. The Kier molecular flexibility index (Phi) is 3.85. The molecule has 19 heavy (non-hydrogen) atoms. The van der Waals surface area contributed by atoms with Gasteiger partial charge >= 0.3 is 5.97 Å². The Balaban J connectivity index is 2.45. The lowest BCUT2D eigenvalue weighted by molar-refractivity contribution is 0.0515. The van der Waals surface area contributed by atoms with Crippen molar-refractivity contribution >= 4 is 5.97 Å². The van der Waals surface area contributed by atoms with Crippen LogP contribution >= 0.6 is 0 Å². The van der Waals surface area contributed by atoms with E-state index in [0.717, 1.165) is 12.1 Å². The van der Waals surface area contributed by atoms with E-state index < -0.39 is 23.2 Å². The van der Waals surface area contributed by atoms with Gasteiger partial charge in [0.05, 0.1) is 6.61 Å². The number of aromatic nitrogens is 1. The first kappa shape index (κ1) is 13.1. The zero-order chi connectivity index (χ0) is 13.8. The number of rotatable bonds is 3. The minimum Gasteiger partial charge on any atom is -0.462 e. The van der Waals surface area contributed by atoms with Crippen molar-refractivity contribution in [3.63, 3.8) is 0 Å². The molecule has 0 aliphatic heterocycles. The van der Waals surface area contributed by atoms with Crippen LogP contribution in [0.2, 0.25) is 0 Å². The monoisotopic (exact) mass is 263 g/mol. The highest BCUT2D eigenvalue weighted by molar-refractivity contribution is 5.90. The molecule has 0 aliphatic rings. The van der Waals surface area contributed by atoms with E-state index in [4.69, 9.17) is 0 Å². The predicted molar refractivity (Wildman–Crippen MR) is 65.5 cm³/mol. The number of halogens is 2. The van der Waals surface area contributed by atoms with Crippen molar-refractivity contribution in [1.82, 2.24) is 4.98 Å². The number of pyridine rings is 1. The van der Waals surface area contributed by atoms with Crippen molar-refractivity contribution in [2.24, 2.45) is 0 Å². The normalized spacial score (nSPS) is 10.3. The molecule has 2 aromatic rings. The molecule has 5 heteroatoms. The van der Waals surface area contributed by atoms with Gasteiger partial charge in [0.2, 0.25) is 0 Å². The number of benzene rings is 1. The minimum atomic E-state index is -1.00. The Morgan fingerprint density at radius 1 is 1.16 bits per heavy atom. The molecule has 0 bridgehead atoms. The SMILES string of the molecule is CCOC(=O)c1c(F)cc(-c2ccncc2)cc1F. The van der Waals surface area contributed by atoms with Crippen LogP contribution in [0.1, 0.15) is 17.3 Å². The Morgan fingerprint density at radius 2 is 1.74 bits per heavy atom. The summed E-state index contributed by atoms with van der Waals surface area (Å²) < 4.78 is 32.2. The van der Waals surface area contributed by atoms with Crippen LogP contribution < -0.4 is 0 Å². The average molecular weight is 263 g/mol. The first-order chi connectivity index (χ1) is 9.13. The topological polar surface area (TPSA) is 39.2 Å². The number of carbonyl (C=O) groups is 1. The zero-order valence-electron chi connectivity index (χ0n) is 10.2. The summed E-state index contributed by atoms with van der Waals surface area (Å²) in [5, 5.41) is 0. The van der Waals surface area contributed by atoms with Crippen LogP contribution in [0, 0.1) is 11.6 Å². The average Bonchev–Trinajstić information content (AvgIpc) is 2.39. The molecule has 0 radical (unpaired) electrons. The van der Waals surface area contributed by atoms with Gasteiger partial charge in [-0.05, 0) is 42.3 Å². The number of hydrogen-bond donors (Lipinski definition) is 0. The smallest absolute Gasteiger partial charge is 0.344 e. The van der Waals surface area contributed by atoms with Gasteiger partial charge in [-0.15, -0.1) is 0 Å². The molecular formula is C14H11F2NO2. The molecule has 0 fully saturated rings. The van der Waals surface area contributed by atoms with E-state index in [9.17, 15) is 13.6 Å². The minimum absolute atomic E-state index is 0.0593. The molecule has 98 valence electrons. The second kappa shape index (κ2) is 5.56. The van der Waals surface area contributed by atoms with Gasteiger partial charge in [0.25, 0.3) is 0 Å². The van der Waals surface area contributed by atoms with Gasteiger partial charge in [-0.25, -0.2) is 13.6 Å². The maximum absolute atomic E-state index is 13.8. The maximum Gasteiger partial charge on any atom is 0.344 e. The second-order valence-electron chi connectivity index (χ2n) is 3.77. The highest BCUT2D eigenvalue weighted by Crippen LogP contribution is 2.24. The number of hydrogen-bond acceptors (Lipinski definition) is 3. The zero-order valence-corrected chi connectivity index (χ0v) is 10.2. The summed E-state index contributed by atoms with van der Waals surface area (Å²) >= 11 is 0. The van der Waals surface area contributed by atoms with E-state index in [1.807, 2.05) is 0 Å². The third-order valence-corrected chi connectivity index (χ3v) is 2.54. The fourth-order valence-electron chi connectivity index (χ4n) is 1.68. The molecule has 2 rings (SSSR count). The number of esters is 1. The lowest BCUT2D eigenvalue weighted by Gasteiger charge is -2.07. The molecule has 0 unspecified atom stereocenters. The molecule has 1 heterocycles. The van der Waals surface area contributed by atoms with Gasteiger partial charge in [-0.2, -0.15) is 0 Å². The fourth-order valence-corrected chi connectivity index (χ4v) is 1.68. The first-order valence-electron chi connectivity index (χ1n) is 5.70. The Bertz CT molecular complexity index is 577. The van der Waals surface area contributed by atoms with Crippen LogP contribution in [0.25, 0.3) is 11.1 Å². The molecular weight excluding hydrogens is 252 g/mol. The molecule has 3 nitrogen and oxygen atoms in total. The lowest BCUT2D eigenvalue weighted by atomic mass is 10.0. The predicted octanol–water partition coefficient (Wildman–Crippen LogP) is 3.20. The number of nitrogens with zero attached hydrogens (tertiary/aromatic N) is 1. The van der Waals surface area contributed by atoms with Crippen molar-refractivity contribution in [3.8, 4) is 11.1 Å². The molecule has 0 amide bonds. The van der Waals surface area contributed by atoms with Gasteiger partial charge in [0, 0.05) is 12.4 Å². The van der Waals surface area contributed by atoms with Crippen molar-refractivity contribution in [2.45, 2.75) is 6.92 Å². The van der Waals surface area contributed by atoms with Crippen LogP contribution in [-0.2, 0) is 4.74 Å². The summed E-state index contributed by atoms with van der Waals surface area (Å²) in [6, 6.07) is 5.45. The van der Waals surface area contributed by atoms with Gasteiger partial charge in [-0.1, -0.05) is 0 Å². The summed E-state index contributed by atoms with van der Waals surface area (Å²) in [5.74, 6) is -2.88. The lowest BCUT2D eigenvalue weighted by Crippen LogP contribution is -2.10. The van der Waals surface area contributed by atoms with E-state index in [2.05, 4.69) is 9.72 Å². The highest BCUT2D eigenvalue weighted by atomic mass is 19.1. The van der Waals surface area contributed by atoms with E-state index in [0.29, 0.717) is 11.1 Å². The maximum atomic E-state index is 13.8. The standard InChI is InChI=1S/C14H11F2NO2/c1-2-19-14(18)13-11(15)7-10(8-12(13)16)9-3-5-17-6-4-9/h3-8H,2H2,1H3. The van der Waals surface area contributed by atoms with Gasteiger partial charge in [-0.3, -0.25) is 4.98 Å². The quantitative estimate of drug-likeness (QED) is 0.798. The highest BCUT2D eigenvalue weighted by Gasteiger charge is 2.20. The van der Waals surface area contributed by atoms with Crippen LogP contribution in [0.3, 0.4) is 0 Å². The van der Waals surface area contributed by atoms with Crippen molar-refractivity contribution in [1.29, 1.82) is 0 Å². The number of ether oxygens (including phenoxy) is 1. The molecule has 0 saturated heterocycles. The fraction of sp³-hybridized carbons (Fsp3) is 0.143. The first-order valence-corrected chi connectivity index (χ1v) is 5.70. The van der Waals surface area contributed by atoms with E-state index >= 15 is 0 Å². The van der Waals surface area contributed by atoms with Gasteiger partial charge in [0.15, 0.2) is 0 Å². The van der Waals surface area contributed by atoms with E-state index in [1.54, 1.807) is 19.1 Å². The van der Waals surface area contributed by atoms with Crippen LogP contribution in [-0.4, -0.2) is 17.6 Å². The van der Waals surface area contributed by atoms with Gasteiger partial charge < -0.3 is 4.74 Å². The van der Waals surface area contributed by atoms with E-state index in [1.165, 1.54) is 12.4 Å². The molecule has 1 aromatic heterocycles. The molecule has 0 atom stereocenters. The van der Waals surface area contributed by atoms with Crippen molar-refractivity contribution < 1.29 is 18.3 Å². The van der Waals surface area contributed by atoms with Crippen LogP contribution in [0.15, 0.2) is 36.7 Å². The Hall–Kier alpha value is -2.30. The van der Waals surface area contributed by atoms with Crippen LogP contribution in [0.4, 0.5) is 8.78 Å². The van der Waals surface area contributed by atoms with Gasteiger partial charge in [0.1, 0.15) is 17.2 Å². The summed E-state index contributed by atoms with van der Waals surface area (Å²) in [4.78, 5) is 15.2. The molecule has 0 N–H and O–H groups in total. The van der Waals surface area contributed by atoms with Crippen LogP contribution in [0.5, 0.6) is 0 Å².